The molecule has 0 spiro atoms. The summed E-state index contributed by atoms with van der Waals surface area (Å²) in [6.07, 6.45) is -0.714. The van der Waals surface area contributed by atoms with Crippen molar-refractivity contribution in [3.8, 4) is 11.5 Å². The molecule has 0 aliphatic rings. The summed E-state index contributed by atoms with van der Waals surface area (Å²) in [6, 6.07) is 13.5. The van der Waals surface area contributed by atoms with Gasteiger partial charge in [0.15, 0.2) is 6.10 Å². The predicted molar refractivity (Wildman–Crippen MR) is 89.5 cm³/mol. The molecule has 1 N–H and O–H groups in total. The Morgan fingerprint density at radius 2 is 1.50 bits per heavy atom. The molecule has 6 nitrogen and oxygen atoms in total. The summed E-state index contributed by atoms with van der Waals surface area (Å²) in [4.78, 5) is 23.5. The number of carbonyl (C=O) groups is 2. The minimum absolute atomic E-state index is 0.243. The van der Waals surface area contributed by atoms with Crippen LogP contribution in [0.15, 0.2) is 48.5 Å². The molecule has 6 heteroatoms. The van der Waals surface area contributed by atoms with E-state index in [0.29, 0.717) is 22.7 Å². The number of carbonyl (C=O) groups excluding carboxylic acids is 2. The first-order valence-corrected chi connectivity index (χ1v) is 7.33. The van der Waals surface area contributed by atoms with Gasteiger partial charge in [-0.1, -0.05) is 0 Å². The lowest BCUT2D eigenvalue weighted by atomic mass is 10.2. The van der Waals surface area contributed by atoms with Gasteiger partial charge in [0, 0.05) is 11.3 Å². The molecule has 0 fully saturated rings. The van der Waals surface area contributed by atoms with E-state index in [2.05, 4.69) is 10.1 Å². The molecule has 2 aromatic rings. The number of nitrogens with one attached hydrogen (secondary N) is 1. The molecule has 0 aromatic heterocycles. The number of benzene rings is 2. The summed E-state index contributed by atoms with van der Waals surface area (Å²) in [7, 11) is 2.88. The topological polar surface area (TPSA) is 73.9 Å². The van der Waals surface area contributed by atoms with Gasteiger partial charge < -0.3 is 19.5 Å². The zero-order valence-electron chi connectivity index (χ0n) is 13.7. The summed E-state index contributed by atoms with van der Waals surface area (Å²) in [6.45, 7) is 1.59. The van der Waals surface area contributed by atoms with E-state index in [-0.39, 0.29) is 5.91 Å². The lowest BCUT2D eigenvalue weighted by molar-refractivity contribution is -0.147. The van der Waals surface area contributed by atoms with Gasteiger partial charge in [0.1, 0.15) is 11.5 Å². The fraction of sp³-hybridized carbons (Fsp3) is 0.222. The number of methoxy groups -OCH3 is 2. The molecular weight excluding hydrogens is 310 g/mol. The zero-order chi connectivity index (χ0) is 17.5. The van der Waals surface area contributed by atoms with Crippen LogP contribution in [0.3, 0.4) is 0 Å². The van der Waals surface area contributed by atoms with Crippen molar-refractivity contribution in [1.82, 2.24) is 0 Å². The van der Waals surface area contributed by atoms with Crippen LogP contribution in [0.25, 0.3) is 0 Å². The van der Waals surface area contributed by atoms with Crippen LogP contribution < -0.4 is 14.8 Å². The van der Waals surface area contributed by atoms with Crippen LogP contribution in [0, 0.1) is 0 Å². The van der Waals surface area contributed by atoms with E-state index < -0.39 is 12.1 Å². The normalized spacial score (nSPS) is 11.3. The summed E-state index contributed by atoms with van der Waals surface area (Å²) in [5.74, 6) is 0.493. The maximum absolute atomic E-state index is 12.2. The Hall–Kier alpha value is -3.02. The molecule has 24 heavy (non-hydrogen) atoms. The van der Waals surface area contributed by atoms with Gasteiger partial charge in [0.25, 0.3) is 5.91 Å². The van der Waals surface area contributed by atoms with Crippen molar-refractivity contribution < 1.29 is 23.8 Å². The highest BCUT2D eigenvalue weighted by Crippen LogP contribution is 2.18. The molecule has 0 aliphatic heterocycles. The molecule has 0 bridgehead atoms. The average Bonchev–Trinajstić information content (AvgIpc) is 2.62. The zero-order valence-corrected chi connectivity index (χ0v) is 13.7. The Bertz CT molecular complexity index is 694. The highest BCUT2D eigenvalue weighted by molar-refractivity contribution is 6.04. The van der Waals surface area contributed by atoms with Gasteiger partial charge in [-0.2, -0.15) is 0 Å². The van der Waals surface area contributed by atoms with Crippen LogP contribution >= 0.6 is 0 Å². The van der Waals surface area contributed by atoms with Gasteiger partial charge in [0.2, 0.25) is 0 Å². The summed E-state index contributed by atoms with van der Waals surface area (Å²) < 4.78 is 15.1. The molecule has 0 aliphatic carbocycles. The summed E-state index contributed by atoms with van der Waals surface area (Å²) in [5, 5.41) is 2.79. The molecule has 2 aromatic carbocycles. The summed E-state index contributed by atoms with van der Waals surface area (Å²) >= 11 is 0. The van der Waals surface area contributed by atoms with Gasteiger partial charge in [-0.15, -0.1) is 0 Å². The average molecular weight is 329 g/mol. The third kappa shape index (κ3) is 4.49. The smallest absolute Gasteiger partial charge is 0.346 e. The molecule has 0 heterocycles. The number of hydrogen-bond donors (Lipinski definition) is 1. The second kappa shape index (κ2) is 8.01. The maximum atomic E-state index is 12.2. The first kappa shape index (κ1) is 17.3. The number of hydrogen-bond acceptors (Lipinski definition) is 5. The van der Waals surface area contributed by atoms with E-state index in [1.807, 2.05) is 0 Å². The van der Waals surface area contributed by atoms with E-state index in [0.717, 1.165) is 0 Å². The molecule has 1 atom stereocenters. The number of anilines is 1. The maximum Gasteiger partial charge on any atom is 0.346 e. The van der Waals surface area contributed by atoms with Gasteiger partial charge >= 0.3 is 5.97 Å². The number of amides is 1. The second-order valence-electron chi connectivity index (χ2n) is 4.99. The Balaban J connectivity index is 1.98. The van der Waals surface area contributed by atoms with Crippen LogP contribution in [-0.2, 0) is 9.53 Å². The molecular formula is C18H19NO5. The molecule has 0 unspecified atom stereocenters. The highest BCUT2D eigenvalue weighted by atomic mass is 16.6. The van der Waals surface area contributed by atoms with Gasteiger partial charge in [0.05, 0.1) is 14.2 Å². The van der Waals surface area contributed by atoms with Crippen molar-refractivity contribution in [2.75, 3.05) is 19.5 Å². The van der Waals surface area contributed by atoms with Crippen molar-refractivity contribution in [2.45, 2.75) is 13.0 Å². The first-order valence-electron chi connectivity index (χ1n) is 7.33. The van der Waals surface area contributed by atoms with Crippen LogP contribution in [0.5, 0.6) is 11.5 Å². The fourth-order valence-corrected chi connectivity index (χ4v) is 1.98. The van der Waals surface area contributed by atoms with Crippen LogP contribution in [0.4, 0.5) is 5.69 Å². The Kier molecular flexibility index (Phi) is 5.78. The second-order valence-corrected chi connectivity index (χ2v) is 4.99. The van der Waals surface area contributed by atoms with Gasteiger partial charge in [-0.25, -0.2) is 4.79 Å². The SMILES string of the molecule is COC(=O)[C@H](C)Oc1ccc(C(=O)Nc2ccc(OC)cc2)cc1. The van der Waals surface area contributed by atoms with E-state index in [4.69, 9.17) is 9.47 Å². The summed E-state index contributed by atoms with van der Waals surface area (Å²) in [5.41, 5.74) is 1.14. The molecule has 0 saturated carbocycles. The minimum Gasteiger partial charge on any atom is -0.497 e. The first-order chi connectivity index (χ1) is 11.5. The molecule has 0 saturated heterocycles. The van der Waals surface area contributed by atoms with Crippen LogP contribution in [-0.4, -0.2) is 32.2 Å². The minimum atomic E-state index is -0.714. The predicted octanol–water partition coefficient (Wildman–Crippen LogP) is 2.89. The van der Waals surface area contributed by atoms with E-state index in [1.54, 1.807) is 62.6 Å². The van der Waals surface area contributed by atoms with Gasteiger partial charge in [-0.3, -0.25) is 4.79 Å². The van der Waals surface area contributed by atoms with Crippen molar-refractivity contribution >= 4 is 17.6 Å². The van der Waals surface area contributed by atoms with Crippen LogP contribution in [0.1, 0.15) is 17.3 Å². The Morgan fingerprint density at radius 1 is 0.917 bits per heavy atom. The molecule has 2 rings (SSSR count). The number of rotatable bonds is 6. The largest absolute Gasteiger partial charge is 0.497 e. The lowest BCUT2D eigenvalue weighted by Crippen LogP contribution is -2.24. The van der Waals surface area contributed by atoms with E-state index in [1.165, 1.54) is 7.11 Å². The standard InChI is InChI=1S/C18H19NO5/c1-12(18(21)23-3)24-16-8-4-13(5-9-16)17(20)19-14-6-10-15(22-2)11-7-14/h4-12H,1-3H3,(H,19,20)/t12-/m0/s1. The van der Waals surface area contributed by atoms with Crippen molar-refractivity contribution in [2.24, 2.45) is 0 Å². The van der Waals surface area contributed by atoms with Gasteiger partial charge in [-0.05, 0) is 55.5 Å². The Labute approximate surface area is 140 Å². The number of ether oxygens (including phenoxy) is 3. The molecule has 126 valence electrons. The highest BCUT2D eigenvalue weighted by Gasteiger charge is 2.15. The van der Waals surface area contributed by atoms with Crippen molar-refractivity contribution in [3.63, 3.8) is 0 Å². The lowest BCUT2D eigenvalue weighted by Gasteiger charge is -2.12. The fourth-order valence-electron chi connectivity index (χ4n) is 1.98. The molecule has 1 amide bonds. The third-order valence-electron chi connectivity index (χ3n) is 3.31. The monoisotopic (exact) mass is 329 g/mol. The van der Waals surface area contributed by atoms with E-state index >= 15 is 0 Å². The van der Waals surface area contributed by atoms with Crippen molar-refractivity contribution in [3.05, 3.63) is 54.1 Å². The number of esters is 1. The third-order valence-corrected chi connectivity index (χ3v) is 3.31. The van der Waals surface area contributed by atoms with Crippen LogP contribution in [0.2, 0.25) is 0 Å². The quantitative estimate of drug-likeness (QED) is 0.825. The molecule has 0 radical (unpaired) electrons. The van der Waals surface area contributed by atoms with E-state index in [9.17, 15) is 9.59 Å². The van der Waals surface area contributed by atoms with Crippen molar-refractivity contribution in [1.29, 1.82) is 0 Å². The Morgan fingerprint density at radius 3 is 2.04 bits per heavy atom.